The molecule has 2 aliphatic rings. The highest BCUT2D eigenvalue weighted by molar-refractivity contribution is 9.10. The number of rotatable bonds is 7. The van der Waals surface area contributed by atoms with Gasteiger partial charge in [-0.3, -0.25) is 0 Å². The molecule has 2 aliphatic carbocycles. The van der Waals surface area contributed by atoms with E-state index in [-0.39, 0.29) is 0 Å². The number of likely N-dealkylation sites (N-methyl/N-ethyl adjacent to an activating group) is 1. The molecule has 6 rings (SSSR count). The minimum absolute atomic E-state index is 0.295. The molecule has 1 aromatic heterocycles. The fourth-order valence-electron chi connectivity index (χ4n) is 6.11. The second-order valence-electron chi connectivity index (χ2n) is 10.8. The van der Waals surface area contributed by atoms with Gasteiger partial charge in [-0.2, -0.15) is 0 Å². The molecule has 0 bridgehead atoms. The van der Waals surface area contributed by atoms with Gasteiger partial charge in [-0.15, -0.1) is 0 Å². The Kier molecular flexibility index (Phi) is 7.57. The van der Waals surface area contributed by atoms with Gasteiger partial charge in [0.25, 0.3) is 0 Å². The highest BCUT2D eigenvalue weighted by Crippen LogP contribution is 2.42. The monoisotopic (exact) mass is 566 g/mol. The first kappa shape index (κ1) is 25.3. The van der Waals surface area contributed by atoms with E-state index in [2.05, 4.69) is 106 Å². The van der Waals surface area contributed by atoms with Crippen LogP contribution >= 0.6 is 15.9 Å². The lowest BCUT2D eigenvalue weighted by Crippen LogP contribution is -2.34. The molecule has 1 atom stereocenters. The first-order chi connectivity index (χ1) is 18.6. The normalized spacial score (nSPS) is 17.2. The van der Waals surface area contributed by atoms with E-state index in [1.807, 2.05) is 6.20 Å². The topological polar surface area (TPSA) is 41.0 Å². The molecule has 0 radical (unpaired) electrons. The number of hydrogen-bond acceptors (Lipinski definition) is 4. The molecule has 5 heteroatoms. The summed E-state index contributed by atoms with van der Waals surface area (Å²) in [6.45, 7) is 1.12. The van der Waals surface area contributed by atoms with Crippen LogP contribution in [0.3, 0.4) is 0 Å². The van der Waals surface area contributed by atoms with Gasteiger partial charge in [-0.25, -0.2) is 9.97 Å². The fraction of sp³-hybridized carbons (Fsp3) is 0.333. The van der Waals surface area contributed by atoms with Crippen LogP contribution in [-0.4, -0.2) is 34.5 Å². The van der Waals surface area contributed by atoms with Crippen molar-refractivity contribution < 1.29 is 0 Å². The highest BCUT2D eigenvalue weighted by Gasteiger charge is 2.27. The van der Waals surface area contributed by atoms with Gasteiger partial charge in [0.15, 0.2) is 0 Å². The zero-order valence-corrected chi connectivity index (χ0v) is 23.6. The predicted octanol–water partition coefficient (Wildman–Crippen LogP) is 8.14. The van der Waals surface area contributed by atoms with Gasteiger partial charge >= 0.3 is 0 Å². The van der Waals surface area contributed by atoms with Crippen LogP contribution < -0.4 is 5.32 Å². The Hall–Kier alpha value is -3.02. The molecule has 194 valence electrons. The smallest absolute Gasteiger partial charge is 0.227 e. The zero-order valence-electron chi connectivity index (χ0n) is 22.0. The molecular weight excluding hydrogens is 532 g/mol. The maximum absolute atomic E-state index is 4.99. The Morgan fingerprint density at radius 1 is 0.947 bits per heavy atom. The number of fused-ring (bicyclic) bond motifs is 3. The van der Waals surface area contributed by atoms with Crippen LogP contribution in [0, 0.1) is 0 Å². The Morgan fingerprint density at radius 2 is 1.76 bits per heavy atom. The Balaban J connectivity index is 1.16. The SMILES string of the molecule is CN(CCc1ccc(Nc2ncc3c(n2)-c2ccccc2[C@H](c2cccc(Br)c2)C3)cc1)C1CCCCC1. The summed E-state index contributed by atoms with van der Waals surface area (Å²) in [5.74, 6) is 0.938. The van der Waals surface area contributed by atoms with Crippen molar-refractivity contribution in [2.45, 2.75) is 56.9 Å². The minimum Gasteiger partial charge on any atom is -0.324 e. The van der Waals surface area contributed by atoms with E-state index in [4.69, 9.17) is 9.97 Å². The Bertz CT molecular complexity index is 1390. The summed E-state index contributed by atoms with van der Waals surface area (Å²) >= 11 is 3.64. The van der Waals surface area contributed by atoms with Gasteiger partial charge in [-0.1, -0.05) is 83.7 Å². The van der Waals surface area contributed by atoms with Crippen molar-refractivity contribution in [3.8, 4) is 11.3 Å². The van der Waals surface area contributed by atoms with Crippen LogP contribution in [0.1, 0.15) is 60.3 Å². The van der Waals surface area contributed by atoms with Crippen molar-refractivity contribution in [2.24, 2.45) is 0 Å². The van der Waals surface area contributed by atoms with E-state index in [1.165, 1.54) is 59.9 Å². The number of nitrogens with one attached hydrogen (secondary N) is 1. The van der Waals surface area contributed by atoms with Crippen molar-refractivity contribution >= 4 is 27.6 Å². The number of aromatic nitrogens is 2. The van der Waals surface area contributed by atoms with Crippen LogP contribution in [0.25, 0.3) is 11.3 Å². The average Bonchev–Trinajstić information content (AvgIpc) is 2.97. The van der Waals surface area contributed by atoms with Gasteiger partial charge in [0, 0.05) is 40.4 Å². The number of hydrogen-bond donors (Lipinski definition) is 1. The molecule has 1 saturated carbocycles. The molecule has 4 aromatic rings. The van der Waals surface area contributed by atoms with Crippen molar-refractivity contribution in [2.75, 3.05) is 18.9 Å². The maximum atomic E-state index is 4.99. The minimum atomic E-state index is 0.295. The van der Waals surface area contributed by atoms with Crippen molar-refractivity contribution in [1.29, 1.82) is 0 Å². The molecule has 0 amide bonds. The fourth-order valence-corrected chi connectivity index (χ4v) is 6.53. The van der Waals surface area contributed by atoms with Gasteiger partial charge in [0.1, 0.15) is 0 Å². The lowest BCUT2D eigenvalue weighted by molar-refractivity contribution is 0.194. The van der Waals surface area contributed by atoms with Crippen molar-refractivity contribution in [3.63, 3.8) is 0 Å². The second-order valence-corrected chi connectivity index (χ2v) is 11.7. The van der Waals surface area contributed by atoms with Gasteiger partial charge in [-0.05, 0) is 79.3 Å². The molecule has 4 nitrogen and oxygen atoms in total. The third-order valence-corrected chi connectivity index (χ3v) is 8.79. The summed E-state index contributed by atoms with van der Waals surface area (Å²) in [6.07, 6.45) is 10.9. The number of benzene rings is 3. The molecule has 38 heavy (non-hydrogen) atoms. The second kappa shape index (κ2) is 11.4. The summed E-state index contributed by atoms with van der Waals surface area (Å²) < 4.78 is 1.11. The number of halogens is 1. The van der Waals surface area contributed by atoms with Crippen molar-refractivity contribution in [1.82, 2.24) is 14.9 Å². The first-order valence-electron chi connectivity index (χ1n) is 13.9. The molecule has 0 spiro atoms. The standard InChI is InChI=1S/C33H35BrN4/c1-38(28-10-3-2-4-11-28)19-18-23-14-16-27(17-15-23)36-33-35-22-25-21-31(24-8-7-9-26(34)20-24)29-12-5-6-13-30(29)32(25)37-33/h5-9,12-17,20,22,28,31H,2-4,10-11,18-19,21H2,1H3,(H,35,36,37)/t31-/m0/s1. The summed E-state index contributed by atoms with van der Waals surface area (Å²) in [4.78, 5) is 12.3. The predicted molar refractivity (Wildman–Crippen MR) is 160 cm³/mol. The molecule has 0 unspecified atom stereocenters. The van der Waals surface area contributed by atoms with Crippen LogP contribution in [0.5, 0.6) is 0 Å². The third kappa shape index (κ3) is 5.55. The molecular formula is C33H35BrN4. The lowest BCUT2D eigenvalue weighted by Gasteiger charge is -2.31. The van der Waals surface area contributed by atoms with Crippen molar-refractivity contribution in [3.05, 3.63) is 106 Å². The Morgan fingerprint density at radius 3 is 2.58 bits per heavy atom. The zero-order chi connectivity index (χ0) is 25.9. The Labute approximate surface area is 234 Å². The number of nitrogens with zero attached hydrogens (tertiary/aromatic N) is 3. The molecule has 1 heterocycles. The van der Waals surface area contributed by atoms with E-state index in [0.29, 0.717) is 11.9 Å². The van der Waals surface area contributed by atoms with Gasteiger partial charge in [0.05, 0.1) is 5.69 Å². The largest absolute Gasteiger partial charge is 0.324 e. The van der Waals surface area contributed by atoms with Crippen LogP contribution in [0.15, 0.2) is 83.5 Å². The molecule has 3 aromatic carbocycles. The van der Waals surface area contributed by atoms with Gasteiger partial charge < -0.3 is 10.2 Å². The first-order valence-corrected chi connectivity index (χ1v) is 14.7. The molecule has 1 fully saturated rings. The highest BCUT2D eigenvalue weighted by atomic mass is 79.9. The van der Waals surface area contributed by atoms with Crippen LogP contribution in [0.4, 0.5) is 11.6 Å². The van der Waals surface area contributed by atoms with E-state index >= 15 is 0 Å². The third-order valence-electron chi connectivity index (χ3n) is 8.29. The summed E-state index contributed by atoms with van der Waals surface area (Å²) in [7, 11) is 2.29. The molecule has 0 aliphatic heterocycles. The summed E-state index contributed by atoms with van der Waals surface area (Å²) in [5.41, 5.74) is 8.45. The average molecular weight is 568 g/mol. The van der Waals surface area contributed by atoms with Crippen LogP contribution in [-0.2, 0) is 12.8 Å². The van der Waals surface area contributed by atoms with E-state index < -0.39 is 0 Å². The van der Waals surface area contributed by atoms with Crippen LogP contribution in [0.2, 0.25) is 0 Å². The summed E-state index contributed by atoms with van der Waals surface area (Å²) in [6, 6.07) is 26.8. The van der Waals surface area contributed by atoms with E-state index in [1.54, 1.807) is 0 Å². The summed E-state index contributed by atoms with van der Waals surface area (Å²) in [5, 5.41) is 3.44. The quantitative estimate of drug-likeness (QED) is 0.245. The maximum Gasteiger partial charge on any atom is 0.227 e. The molecule has 1 N–H and O–H groups in total. The van der Waals surface area contributed by atoms with E-state index in [0.717, 1.165) is 41.3 Å². The molecule has 0 saturated heterocycles. The van der Waals surface area contributed by atoms with Gasteiger partial charge in [0.2, 0.25) is 5.95 Å². The van der Waals surface area contributed by atoms with E-state index in [9.17, 15) is 0 Å². The number of anilines is 2. The lowest BCUT2D eigenvalue weighted by atomic mass is 9.78.